The number of benzene rings is 1. The Morgan fingerprint density at radius 2 is 1.52 bits per heavy atom. The third-order valence-corrected chi connectivity index (χ3v) is 4.53. The second kappa shape index (κ2) is 8.75. The van der Waals surface area contributed by atoms with Gasteiger partial charge in [-0.05, 0) is 52.6 Å². The van der Waals surface area contributed by atoms with E-state index < -0.39 is 0 Å². The third-order valence-electron chi connectivity index (χ3n) is 4.53. The van der Waals surface area contributed by atoms with E-state index in [0.29, 0.717) is 12.4 Å². The molecule has 0 aliphatic carbocycles. The molecule has 0 saturated carbocycles. The average molecular weight is 371 g/mol. The van der Waals surface area contributed by atoms with Crippen molar-refractivity contribution in [3.05, 3.63) is 53.3 Å². The molecule has 4 nitrogen and oxygen atoms in total. The molecule has 2 aromatic rings. The van der Waals surface area contributed by atoms with Gasteiger partial charge in [0.2, 0.25) is 0 Å². The summed E-state index contributed by atoms with van der Waals surface area (Å²) in [5, 5.41) is 14.3. The number of rotatable bonds is 7. The van der Waals surface area contributed by atoms with E-state index in [9.17, 15) is 5.11 Å². The minimum Gasteiger partial charge on any atom is -0.507 e. The first-order chi connectivity index (χ1) is 12.6. The van der Waals surface area contributed by atoms with Gasteiger partial charge in [-0.3, -0.25) is 4.98 Å². The largest absolute Gasteiger partial charge is 0.507 e. The molecular formula is C23H34N2O2. The number of nitrogens with zero attached hydrogens (tertiary/aromatic N) is 1. The van der Waals surface area contributed by atoms with Gasteiger partial charge in [-0.2, -0.15) is 0 Å². The molecule has 0 aliphatic heterocycles. The fourth-order valence-corrected chi connectivity index (χ4v) is 2.99. The second-order valence-corrected chi connectivity index (χ2v) is 9.10. The molecule has 2 rings (SSSR count). The summed E-state index contributed by atoms with van der Waals surface area (Å²) in [6, 6.07) is 7.99. The van der Waals surface area contributed by atoms with E-state index in [1.54, 1.807) is 12.4 Å². The lowest BCUT2D eigenvalue weighted by atomic mass is 9.78. The Balaban J connectivity index is 1.95. The molecule has 148 valence electrons. The van der Waals surface area contributed by atoms with Gasteiger partial charge in [0, 0.05) is 18.9 Å². The van der Waals surface area contributed by atoms with Crippen LogP contribution in [0.4, 0.5) is 0 Å². The number of ether oxygens (including phenoxy) is 1. The summed E-state index contributed by atoms with van der Waals surface area (Å²) in [4.78, 5) is 3.98. The number of hydrogen-bond acceptors (Lipinski definition) is 4. The van der Waals surface area contributed by atoms with Crippen molar-refractivity contribution in [2.24, 2.45) is 0 Å². The van der Waals surface area contributed by atoms with Crippen molar-refractivity contribution in [1.82, 2.24) is 10.3 Å². The molecule has 1 aromatic heterocycles. The van der Waals surface area contributed by atoms with Crippen molar-refractivity contribution in [3.63, 3.8) is 0 Å². The number of phenols is 1. The summed E-state index contributed by atoms with van der Waals surface area (Å²) < 4.78 is 5.69. The van der Waals surface area contributed by atoms with Gasteiger partial charge in [0.05, 0.1) is 6.61 Å². The highest BCUT2D eigenvalue weighted by Gasteiger charge is 2.26. The van der Waals surface area contributed by atoms with Gasteiger partial charge in [0.15, 0.2) is 0 Å². The normalized spacial score (nSPS) is 12.2. The number of hydrogen-bond donors (Lipinski definition) is 2. The monoisotopic (exact) mass is 370 g/mol. The summed E-state index contributed by atoms with van der Waals surface area (Å²) in [5.74, 6) is 1.29. The Bertz CT molecular complexity index is 693. The fourth-order valence-electron chi connectivity index (χ4n) is 2.99. The van der Waals surface area contributed by atoms with Crippen LogP contribution >= 0.6 is 0 Å². The standard InChI is InChI=1S/C23H34N2O2/c1-22(2,3)19-14-17(15-20(21(19)26)23(4,5)6)16-25-10-7-13-27-18-8-11-24-12-9-18/h8-9,11-12,14-15,25-26H,7,10,13,16H2,1-6H3. The molecule has 4 heteroatoms. The highest BCUT2D eigenvalue weighted by molar-refractivity contribution is 5.49. The Morgan fingerprint density at radius 1 is 0.963 bits per heavy atom. The summed E-state index contributed by atoms with van der Waals surface area (Å²) in [7, 11) is 0. The Morgan fingerprint density at radius 3 is 2.04 bits per heavy atom. The fraction of sp³-hybridized carbons (Fsp3) is 0.522. The van der Waals surface area contributed by atoms with Crippen LogP contribution in [0, 0.1) is 0 Å². The lowest BCUT2D eigenvalue weighted by Crippen LogP contribution is -2.21. The van der Waals surface area contributed by atoms with Crippen LogP contribution in [0.1, 0.15) is 64.7 Å². The predicted molar refractivity (Wildman–Crippen MR) is 112 cm³/mol. The number of aromatic nitrogens is 1. The average Bonchev–Trinajstić information content (AvgIpc) is 2.58. The third kappa shape index (κ3) is 6.24. The zero-order chi connectivity index (χ0) is 20.1. The summed E-state index contributed by atoms with van der Waals surface area (Å²) in [6.45, 7) is 15.2. The number of pyridine rings is 1. The molecule has 0 unspecified atom stereocenters. The van der Waals surface area contributed by atoms with Crippen molar-refractivity contribution in [3.8, 4) is 11.5 Å². The summed E-state index contributed by atoms with van der Waals surface area (Å²) in [6.07, 6.45) is 4.40. The SMILES string of the molecule is CC(C)(C)c1cc(CNCCCOc2ccncc2)cc(C(C)(C)C)c1O. The molecule has 0 fully saturated rings. The van der Waals surface area contributed by atoms with Crippen molar-refractivity contribution >= 4 is 0 Å². The smallest absolute Gasteiger partial charge is 0.123 e. The van der Waals surface area contributed by atoms with Crippen molar-refractivity contribution in [1.29, 1.82) is 0 Å². The molecule has 0 saturated heterocycles. The van der Waals surface area contributed by atoms with Crippen LogP contribution in [0.15, 0.2) is 36.7 Å². The number of aromatic hydroxyl groups is 1. The van der Waals surface area contributed by atoms with Gasteiger partial charge in [0.25, 0.3) is 0 Å². The highest BCUT2D eigenvalue weighted by atomic mass is 16.5. The molecule has 1 heterocycles. The zero-order valence-electron chi connectivity index (χ0n) is 17.6. The summed E-state index contributed by atoms with van der Waals surface area (Å²) in [5.41, 5.74) is 3.02. The topological polar surface area (TPSA) is 54.4 Å². The van der Waals surface area contributed by atoms with Crippen LogP contribution in [0.5, 0.6) is 11.5 Å². The van der Waals surface area contributed by atoms with Crippen LogP contribution in [-0.2, 0) is 17.4 Å². The minimum atomic E-state index is -0.0987. The lowest BCUT2D eigenvalue weighted by molar-refractivity contribution is 0.307. The van der Waals surface area contributed by atoms with E-state index in [0.717, 1.165) is 36.4 Å². The maximum absolute atomic E-state index is 10.8. The van der Waals surface area contributed by atoms with Crippen LogP contribution in [0.3, 0.4) is 0 Å². The Kier molecular flexibility index (Phi) is 6.88. The van der Waals surface area contributed by atoms with Crippen LogP contribution in [0.25, 0.3) is 0 Å². The Hall–Kier alpha value is -2.07. The van der Waals surface area contributed by atoms with E-state index in [4.69, 9.17) is 4.74 Å². The maximum Gasteiger partial charge on any atom is 0.123 e. The van der Waals surface area contributed by atoms with Crippen molar-refractivity contribution in [2.45, 2.75) is 65.3 Å². The molecule has 27 heavy (non-hydrogen) atoms. The molecular weight excluding hydrogens is 336 g/mol. The lowest BCUT2D eigenvalue weighted by Gasteiger charge is -2.28. The van der Waals surface area contributed by atoms with Crippen molar-refractivity contribution < 1.29 is 9.84 Å². The maximum atomic E-state index is 10.8. The summed E-state index contributed by atoms with van der Waals surface area (Å²) >= 11 is 0. The molecule has 0 amide bonds. The molecule has 1 aromatic carbocycles. The molecule has 2 N–H and O–H groups in total. The Labute approximate surface area is 164 Å². The number of nitrogens with one attached hydrogen (secondary N) is 1. The van der Waals surface area contributed by atoms with Crippen LogP contribution < -0.4 is 10.1 Å². The van der Waals surface area contributed by atoms with Gasteiger partial charge < -0.3 is 15.2 Å². The second-order valence-electron chi connectivity index (χ2n) is 9.10. The minimum absolute atomic E-state index is 0.0987. The molecule has 0 spiro atoms. The number of phenolic OH excluding ortho intramolecular Hbond substituents is 1. The van der Waals surface area contributed by atoms with E-state index in [1.807, 2.05) is 12.1 Å². The van der Waals surface area contributed by atoms with Crippen molar-refractivity contribution in [2.75, 3.05) is 13.2 Å². The van der Waals surface area contributed by atoms with Gasteiger partial charge in [0.1, 0.15) is 11.5 Å². The van der Waals surface area contributed by atoms with Gasteiger partial charge in [-0.25, -0.2) is 0 Å². The highest BCUT2D eigenvalue weighted by Crippen LogP contribution is 2.39. The van der Waals surface area contributed by atoms with E-state index in [-0.39, 0.29) is 10.8 Å². The molecule has 0 bridgehead atoms. The van der Waals surface area contributed by atoms with E-state index >= 15 is 0 Å². The van der Waals surface area contributed by atoms with Crippen LogP contribution in [0.2, 0.25) is 0 Å². The first kappa shape index (κ1) is 21.2. The quantitative estimate of drug-likeness (QED) is 0.678. The zero-order valence-corrected chi connectivity index (χ0v) is 17.6. The van der Waals surface area contributed by atoms with E-state index in [1.165, 1.54) is 5.56 Å². The van der Waals surface area contributed by atoms with Gasteiger partial charge in [-0.15, -0.1) is 0 Å². The first-order valence-corrected chi connectivity index (χ1v) is 9.69. The van der Waals surface area contributed by atoms with Crippen LogP contribution in [-0.4, -0.2) is 23.2 Å². The molecule has 0 aliphatic rings. The van der Waals surface area contributed by atoms with E-state index in [2.05, 4.69) is 64.0 Å². The van der Waals surface area contributed by atoms with Gasteiger partial charge >= 0.3 is 0 Å². The van der Waals surface area contributed by atoms with Gasteiger partial charge in [-0.1, -0.05) is 53.7 Å². The first-order valence-electron chi connectivity index (χ1n) is 9.69. The molecule has 0 radical (unpaired) electrons. The predicted octanol–water partition coefficient (Wildman–Crippen LogP) is 4.94. The molecule has 0 atom stereocenters.